The molecule has 0 bridgehead atoms. The number of carbonyl (C=O) groups excluding carboxylic acids is 3. The highest BCUT2D eigenvalue weighted by molar-refractivity contribution is 9.10. The van der Waals surface area contributed by atoms with Gasteiger partial charge in [0.05, 0.1) is 12.0 Å². The molecule has 1 fully saturated rings. The lowest BCUT2D eigenvalue weighted by Crippen LogP contribution is -2.62. The second-order valence-electron chi connectivity index (χ2n) is 6.59. The van der Waals surface area contributed by atoms with E-state index in [4.69, 9.17) is 0 Å². The minimum atomic E-state index is -0.960. The average Bonchev–Trinajstić information content (AvgIpc) is 2.90. The summed E-state index contributed by atoms with van der Waals surface area (Å²) in [6.45, 7) is 0.687. The molecular formula is C19H16BrN3O3. The maximum absolute atomic E-state index is 12.8. The quantitative estimate of drug-likeness (QED) is 0.811. The minimum Gasteiger partial charge on any atom is -0.332 e. The first kappa shape index (κ1) is 16.8. The van der Waals surface area contributed by atoms with Gasteiger partial charge in [-0.2, -0.15) is 0 Å². The number of nitrogens with one attached hydrogen (secondary N) is 2. The number of rotatable bonds is 3. The Balaban J connectivity index is 1.71. The lowest BCUT2D eigenvalue weighted by molar-refractivity contribution is -0.122. The molecule has 2 aliphatic heterocycles. The highest BCUT2D eigenvalue weighted by Crippen LogP contribution is 2.33. The fourth-order valence-electron chi connectivity index (χ4n) is 3.64. The van der Waals surface area contributed by atoms with Gasteiger partial charge in [-0.05, 0) is 29.3 Å². The van der Waals surface area contributed by atoms with E-state index < -0.39 is 11.6 Å². The summed E-state index contributed by atoms with van der Waals surface area (Å²) in [4.78, 5) is 38.6. The number of nitrogens with zero attached hydrogens (tertiary/aromatic N) is 1. The number of hydrogen-bond donors (Lipinski definition) is 2. The van der Waals surface area contributed by atoms with Gasteiger partial charge >= 0.3 is 6.03 Å². The van der Waals surface area contributed by atoms with Crippen molar-refractivity contribution in [2.45, 2.75) is 18.5 Å². The van der Waals surface area contributed by atoms with Crippen molar-refractivity contribution in [3.8, 4) is 0 Å². The van der Waals surface area contributed by atoms with Crippen LogP contribution in [-0.4, -0.2) is 29.3 Å². The van der Waals surface area contributed by atoms with Crippen molar-refractivity contribution >= 4 is 33.8 Å². The number of amides is 4. The van der Waals surface area contributed by atoms with Gasteiger partial charge in [-0.15, -0.1) is 0 Å². The van der Waals surface area contributed by atoms with Gasteiger partial charge in [0.15, 0.2) is 0 Å². The smallest absolute Gasteiger partial charge is 0.322 e. The third-order valence-corrected chi connectivity index (χ3v) is 5.35. The van der Waals surface area contributed by atoms with Crippen molar-refractivity contribution in [1.29, 1.82) is 0 Å². The van der Waals surface area contributed by atoms with Crippen LogP contribution in [0.3, 0.4) is 0 Å². The van der Waals surface area contributed by atoms with Gasteiger partial charge < -0.3 is 10.2 Å². The van der Waals surface area contributed by atoms with Crippen LogP contribution >= 0.6 is 15.9 Å². The van der Waals surface area contributed by atoms with Crippen molar-refractivity contribution in [3.05, 3.63) is 69.7 Å². The monoisotopic (exact) mass is 413 g/mol. The molecule has 2 aromatic carbocycles. The van der Waals surface area contributed by atoms with Crippen molar-refractivity contribution in [2.75, 3.05) is 6.54 Å². The van der Waals surface area contributed by atoms with Crippen LogP contribution in [0.4, 0.5) is 4.79 Å². The highest BCUT2D eigenvalue weighted by Gasteiger charge is 2.44. The molecule has 4 amide bonds. The van der Waals surface area contributed by atoms with E-state index in [2.05, 4.69) is 26.6 Å². The molecule has 1 atom stereocenters. The van der Waals surface area contributed by atoms with Crippen LogP contribution in [0.1, 0.15) is 27.9 Å². The summed E-state index contributed by atoms with van der Waals surface area (Å²) in [5.74, 6) is -0.446. The summed E-state index contributed by atoms with van der Waals surface area (Å²) in [6, 6.07) is 14.3. The van der Waals surface area contributed by atoms with Gasteiger partial charge in [-0.25, -0.2) is 4.79 Å². The molecule has 0 aliphatic carbocycles. The Morgan fingerprint density at radius 1 is 1.04 bits per heavy atom. The van der Waals surface area contributed by atoms with Gasteiger partial charge in [0, 0.05) is 23.1 Å². The Bertz CT molecular complexity index is 895. The first-order chi connectivity index (χ1) is 12.5. The van der Waals surface area contributed by atoms with E-state index in [0.29, 0.717) is 12.1 Å². The predicted octanol–water partition coefficient (Wildman–Crippen LogP) is 2.53. The molecule has 0 spiro atoms. The predicted molar refractivity (Wildman–Crippen MR) is 98.3 cm³/mol. The van der Waals surface area contributed by atoms with Crippen molar-refractivity contribution in [2.24, 2.45) is 0 Å². The molecule has 2 aliphatic rings. The molecule has 7 heteroatoms. The van der Waals surface area contributed by atoms with Crippen LogP contribution in [-0.2, 0) is 16.9 Å². The lowest BCUT2D eigenvalue weighted by atomic mass is 9.84. The number of halogens is 1. The molecule has 26 heavy (non-hydrogen) atoms. The molecule has 1 unspecified atom stereocenters. The van der Waals surface area contributed by atoms with E-state index in [1.54, 1.807) is 11.0 Å². The van der Waals surface area contributed by atoms with Gasteiger partial charge in [0.1, 0.15) is 0 Å². The third-order valence-electron chi connectivity index (χ3n) is 4.82. The number of imide groups is 1. The summed E-state index contributed by atoms with van der Waals surface area (Å²) in [5, 5.41) is 5.16. The van der Waals surface area contributed by atoms with E-state index in [-0.39, 0.29) is 24.8 Å². The zero-order chi connectivity index (χ0) is 18.3. The maximum atomic E-state index is 12.8. The third kappa shape index (κ3) is 2.88. The number of fused-ring (bicyclic) bond motifs is 1. The highest BCUT2D eigenvalue weighted by atomic mass is 79.9. The Kier molecular flexibility index (Phi) is 4.03. The summed E-state index contributed by atoms with van der Waals surface area (Å²) in [6.07, 6.45) is 0.0699. The van der Waals surface area contributed by atoms with Crippen LogP contribution in [0.15, 0.2) is 53.0 Å². The zero-order valence-corrected chi connectivity index (χ0v) is 15.4. The van der Waals surface area contributed by atoms with Gasteiger partial charge in [-0.1, -0.05) is 46.3 Å². The molecule has 2 aromatic rings. The molecule has 132 valence electrons. The number of hydrogen-bond acceptors (Lipinski definition) is 3. The molecule has 0 radical (unpaired) electrons. The standard InChI is InChI=1S/C19H16BrN3O3/c20-14-7-5-13(6-8-14)19(9-16(24)21-18(26)22-19)11-23-10-12-3-1-2-4-15(12)17(23)25/h1-8H,9-11H2,(H2,21,22,24,26). The van der Waals surface area contributed by atoms with E-state index in [1.165, 1.54) is 0 Å². The fourth-order valence-corrected chi connectivity index (χ4v) is 3.90. The van der Waals surface area contributed by atoms with Crippen molar-refractivity contribution in [1.82, 2.24) is 15.5 Å². The van der Waals surface area contributed by atoms with Gasteiger partial charge in [0.25, 0.3) is 5.91 Å². The molecule has 6 nitrogen and oxygen atoms in total. The fraction of sp³-hybridized carbons (Fsp3) is 0.211. The molecule has 1 saturated heterocycles. The Labute approximate surface area is 158 Å². The van der Waals surface area contributed by atoms with E-state index in [1.807, 2.05) is 42.5 Å². The largest absolute Gasteiger partial charge is 0.332 e. The van der Waals surface area contributed by atoms with E-state index in [0.717, 1.165) is 15.6 Å². The SMILES string of the molecule is O=C1CC(CN2Cc3ccccc3C2=O)(c2ccc(Br)cc2)NC(=O)N1. The molecule has 2 N–H and O–H groups in total. The normalized spacial score (nSPS) is 22.0. The van der Waals surface area contributed by atoms with Crippen LogP contribution in [0, 0.1) is 0 Å². The second kappa shape index (κ2) is 6.25. The number of carbonyl (C=O) groups is 3. The van der Waals surface area contributed by atoms with Crippen LogP contribution in [0.2, 0.25) is 0 Å². The topological polar surface area (TPSA) is 78.5 Å². The van der Waals surface area contributed by atoms with E-state index in [9.17, 15) is 14.4 Å². The molecule has 2 heterocycles. The van der Waals surface area contributed by atoms with Crippen LogP contribution in [0.25, 0.3) is 0 Å². The van der Waals surface area contributed by atoms with Gasteiger partial charge in [-0.3, -0.25) is 14.9 Å². The first-order valence-corrected chi connectivity index (χ1v) is 9.01. The van der Waals surface area contributed by atoms with E-state index >= 15 is 0 Å². The second-order valence-corrected chi connectivity index (χ2v) is 7.50. The molecule has 0 saturated carbocycles. The van der Waals surface area contributed by atoms with Crippen LogP contribution in [0.5, 0.6) is 0 Å². The molecule has 0 aromatic heterocycles. The van der Waals surface area contributed by atoms with Crippen molar-refractivity contribution < 1.29 is 14.4 Å². The van der Waals surface area contributed by atoms with Crippen LogP contribution < -0.4 is 10.6 Å². The van der Waals surface area contributed by atoms with Crippen molar-refractivity contribution in [3.63, 3.8) is 0 Å². The van der Waals surface area contributed by atoms with Gasteiger partial charge in [0.2, 0.25) is 5.91 Å². The summed E-state index contributed by atoms with van der Waals surface area (Å²) < 4.78 is 0.896. The average molecular weight is 414 g/mol. The maximum Gasteiger partial charge on any atom is 0.322 e. The zero-order valence-electron chi connectivity index (χ0n) is 13.8. The number of benzene rings is 2. The molecular weight excluding hydrogens is 398 g/mol. The summed E-state index contributed by atoms with van der Waals surface area (Å²) in [5.41, 5.74) is 1.45. The summed E-state index contributed by atoms with van der Waals surface area (Å²) in [7, 11) is 0. The lowest BCUT2D eigenvalue weighted by Gasteiger charge is -2.40. The Hall–Kier alpha value is -2.67. The Morgan fingerprint density at radius 2 is 1.77 bits per heavy atom. The molecule has 4 rings (SSSR count). The Morgan fingerprint density at radius 3 is 2.46 bits per heavy atom. The summed E-state index contributed by atoms with van der Waals surface area (Å²) >= 11 is 3.40. The first-order valence-electron chi connectivity index (χ1n) is 8.22. The minimum absolute atomic E-state index is 0.0699. The number of urea groups is 1.